The first kappa shape index (κ1) is 22.2. The quantitative estimate of drug-likeness (QED) is 0.608. The van der Waals surface area contributed by atoms with Crippen LogP contribution in [0.15, 0.2) is 29.0 Å². The van der Waals surface area contributed by atoms with Crippen molar-refractivity contribution in [3.05, 3.63) is 36.0 Å². The topological polar surface area (TPSA) is 73.1 Å². The summed E-state index contributed by atoms with van der Waals surface area (Å²) in [5, 5.41) is 7.75. The first-order valence-corrected chi connectivity index (χ1v) is 12.5. The summed E-state index contributed by atoms with van der Waals surface area (Å²) >= 11 is 0. The van der Waals surface area contributed by atoms with E-state index in [4.69, 9.17) is 18.6 Å². The van der Waals surface area contributed by atoms with Crippen molar-refractivity contribution in [3.63, 3.8) is 0 Å². The number of hydrogen-bond donors (Lipinski definition) is 0. The molecule has 4 aliphatic rings. The van der Waals surface area contributed by atoms with Crippen LogP contribution in [-0.2, 0) is 9.47 Å². The zero-order chi connectivity index (χ0) is 23.2. The van der Waals surface area contributed by atoms with Crippen LogP contribution in [0.25, 0.3) is 0 Å². The zero-order valence-corrected chi connectivity index (χ0v) is 19.7. The van der Waals surface area contributed by atoms with Gasteiger partial charge >= 0.3 is 6.01 Å². The van der Waals surface area contributed by atoms with Crippen LogP contribution in [-0.4, -0.2) is 79.3 Å². The maximum absolute atomic E-state index is 14.2. The second kappa shape index (κ2) is 8.77. The van der Waals surface area contributed by atoms with Crippen molar-refractivity contribution in [2.75, 3.05) is 57.5 Å². The Morgan fingerprint density at radius 1 is 1.21 bits per heavy atom. The van der Waals surface area contributed by atoms with Crippen LogP contribution in [0.3, 0.4) is 0 Å². The average molecular weight is 473 g/mol. The minimum absolute atomic E-state index is 0.0972. The molecule has 1 unspecified atom stereocenters. The van der Waals surface area contributed by atoms with Gasteiger partial charge in [0.1, 0.15) is 17.2 Å². The van der Waals surface area contributed by atoms with Gasteiger partial charge in [0.2, 0.25) is 6.39 Å². The van der Waals surface area contributed by atoms with Crippen LogP contribution < -0.4 is 9.64 Å². The summed E-state index contributed by atoms with van der Waals surface area (Å²) in [5.74, 6) is 0.951. The third-order valence-electron chi connectivity index (χ3n) is 8.32. The second-order valence-corrected chi connectivity index (χ2v) is 10.6. The lowest BCUT2D eigenvalue weighted by atomic mass is 9.84. The molecule has 4 saturated heterocycles. The summed E-state index contributed by atoms with van der Waals surface area (Å²) in [7, 11) is 0. The van der Waals surface area contributed by atoms with E-state index in [-0.39, 0.29) is 16.8 Å². The van der Waals surface area contributed by atoms with Gasteiger partial charge in [0, 0.05) is 11.6 Å². The standard InChI is InChI=1S/C25H33FN4O4/c1-2-24(14-31-15-24)16-32-22-4-3-19(26)9-21(22)18-5-7-29(8-6-18)20-10-25(34-11-20)12-30(13-25)23-28-27-17-33-23/h3-4,9,17-18,20H,2,5-8,10-16H2,1H3. The Balaban J connectivity index is 1.04. The summed E-state index contributed by atoms with van der Waals surface area (Å²) in [5.41, 5.74) is 1.02. The van der Waals surface area contributed by atoms with Crippen molar-refractivity contribution < 1.29 is 23.0 Å². The lowest BCUT2D eigenvalue weighted by molar-refractivity contribution is -0.133. The van der Waals surface area contributed by atoms with Gasteiger partial charge in [0.05, 0.1) is 44.9 Å². The van der Waals surface area contributed by atoms with E-state index in [0.29, 0.717) is 24.6 Å². The van der Waals surface area contributed by atoms with Crippen molar-refractivity contribution in [1.29, 1.82) is 0 Å². The number of benzene rings is 1. The molecule has 4 aliphatic heterocycles. The average Bonchev–Trinajstić information content (AvgIpc) is 3.49. The first-order valence-electron chi connectivity index (χ1n) is 12.5. The predicted octanol–water partition coefficient (Wildman–Crippen LogP) is 3.24. The van der Waals surface area contributed by atoms with Crippen LogP contribution in [0.4, 0.5) is 10.4 Å². The molecular weight excluding hydrogens is 439 g/mol. The molecule has 1 atom stereocenters. The van der Waals surface area contributed by atoms with Crippen LogP contribution in [0.2, 0.25) is 0 Å². The van der Waals surface area contributed by atoms with Gasteiger partial charge in [-0.2, -0.15) is 0 Å². The number of likely N-dealkylation sites (tertiary alicyclic amines) is 1. The van der Waals surface area contributed by atoms with E-state index >= 15 is 0 Å². The number of piperidine rings is 1. The molecule has 0 radical (unpaired) electrons. The fraction of sp³-hybridized carbons (Fsp3) is 0.680. The highest BCUT2D eigenvalue weighted by atomic mass is 19.1. The molecule has 0 N–H and O–H groups in total. The fourth-order valence-corrected chi connectivity index (χ4v) is 5.92. The van der Waals surface area contributed by atoms with Gasteiger partial charge in [-0.15, -0.1) is 5.10 Å². The Morgan fingerprint density at radius 3 is 2.71 bits per heavy atom. The lowest BCUT2D eigenvalue weighted by Gasteiger charge is -2.46. The van der Waals surface area contributed by atoms with E-state index in [1.165, 1.54) is 12.5 Å². The van der Waals surface area contributed by atoms with Gasteiger partial charge in [-0.3, -0.25) is 4.90 Å². The molecule has 1 spiro atoms. The maximum Gasteiger partial charge on any atom is 0.318 e. The smallest absolute Gasteiger partial charge is 0.318 e. The first-order chi connectivity index (χ1) is 16.6. The van der Waals surface area contributed by atoms with Crippen LogP contribution in [0, 0.1) is 11.2 Å². The van der Waals surface area contributed by atoms with Crippen molar-refractivity contribution >= 4 is 6.01 Å². The number of ether oxygens (including phenoxy) is 3. The van der Waals surface area contributed by atoms with E-state index in [1.807, 2.05) is 0 Å². The van der Waals surface area contributed by atoms with Crippen LogP contribution >= 0.6 is 0 Å². The molecule has 5 heterocycles. The summed E-state index contributed by atoms with van der Waals surface area (Å²) < 4.78 is 37.4. The predicted molar refractivity (Wildman–Crippen MR) is 123 cm³/mol. The fourth-order valence-electron chi connectivity index (χ4n) is 5.92. The van der Waals surface area contributed by atoms with Gasteiger partial charge in [-0.05, 0) is 62.9 Å². The van der Waals surface area contributed by atoms with E-state index < -0.39 is 0 Å². The van der Waals surface area contributed by atoms with Gasteiger partial charge in [-0.1, -0.05) is 12.0 Å². The zero-order valence-electron chi connectivity index (χ0n) is 19.7. The Bertz CT molecular complexity index is 979. The van der Waals surface area contributed by atoms with Crippen molar-refractivity contribution in [1.82, 2.24) is 15.1 Å². The number of hydrogen-bond acceptors (Lipinski definition) is 8. The highest BCUT2D eigenvalue weighted by Gasteiger charge is 2.52. The summed E-state index contributed by atoms with van der Waals surface area (Å²) in [6, 6.07) is 5.99. The molecule has 0 amide bonds. The molecule has 2 aromatic rings. The maximum atomic E-state index is 14.2. The largest absolute Gasteiger partial charge is 0.493 e. The Kier molecular flexibility index (Phi) is 5.74. The van der Waals surface area contributed by atoms with E-state index in [0.717, 1.165) is 83.0 Å². The SMILES string of the molecule is CCC1(COc2ccc(F)cc2C2CCN(C3COC4(C3)CN(c3nnco3)C4)CC2)COC1. The van der Waals surface area contributed by atoms with Gasteiger partial charge < -0.3 is 23.5 Å². The van der Waals surface area contributed by atoms with Gasteiger partial charge in [0.15, 0.2) is 0 Å². The van der Waals surface area contributed by atoms with Crippen LogP contribution in [0.1, 0.15) is 44.1 Å². The van der Waals surface area contributed by atoms with E-state index in [1.54, 1.807) is 12.1 Å². The van der Waals surface area contributed by atoms with Gasteiger partial charge in [0.25, 0.3) is 0 Å². The molecule has 8 nitrogen and oxygen atoms in total. The molecule has 184 valence electrons. The molecule has 4 fully saturated rings. The minimum Gasteiger partial charge on any atom is -0.493 e. The molecule has 0 aliphatic carbocycles. The third kappa shape index (κ3) is 4.07. The molecule has 9 heteroatoms. The highest BCUT2D eigenvalue weighted by Crippen LogP contribution is 2.41. The second-order valence-electron chi connectivity index (χ2n) is 10.6. The van der Waals surface area contributed by atoms with Crippen molar-refractivity contribution in [2.45, 2.75) is 50.2 Å². The number of halogens is 1. The number of rotatable bonds is 7. The minimum atomic E-state index is -0.191. The van der Waals surface area contributed by atoms with Crippen molar-refractivity contribution in [2.24, 2.45) is 5.41 Å². The third-order valence-corrected chi connectivity index (χ3v) is 8.32. The molecule has 6 rings (SSSR count). The Labute approximate surface area is 199 Å². The molecule has 34 heavy (non-hydrogen) atoms. The summed E-state index contributed by atoms with van der Waals surface area (Å²) in [4.78, 5) is 4.63. The molecule has 1 aromatic heterocycles. The van der Waals surface area contributed by atoms with Crippen LogP contribution in [0.5, 0.6) is 5.75 Å². The van der Waals surface area contributed by atoms with E-state index in [9.17, 15) is 4.39 Å². The normalized spacial score (nSPS) is 26.4. The monoisotopic (exact) mass is 472 g/mol. The lowest BCUT2D eigenvalue weighted by Crippen LogP contribution is -2.62. The van der Waals surface area contributed by atoms with E-state index in [2.05, 4.69) is 26.9 Å². The highest BCUT2D eigenvalue weighted by molar-refractivity contribution is 5.38. The number of nitrogens with zero attached hydrogens (tertiary/aromatic N) is 4. The molecule has 0 saturated carbocycles. The number of aromatic nitrogens is 2. The molecule has 0 bridgehead atoms. The summed E-state index contributed by atoms with van der Waals surface area (Å²) in [6.07, 6.45) is 5.41. The number of anilines is 1. The molecular formula is C25H33FN4O4. The Morgan fingerprint density at radius 2 is 2.03 bits per heavy atom. The van der Waals surface area contributed by atoms with Gasteiger partial charge in [-0.25, -0.2) is 4.39 Å². The molecule has 1 aromatic carbocycles. The summed E-state index contributed by atoms with van der Waals surface area (Å²) in [6.45, 7) is 8.64. The Hall–Kier alpha value is -2.23. The van der Waals surface area contributed by atoms with Crippen molar-refractivity contribution in [3.8, 4) is 5.75 Å².